The van der Waals surface area contributed by atoms with Crippen LogP contribution in [0.4, 0.5) is 20.2 Å². The van der Waals surface area contributed by atoms with Crippen LogP contribution in [-0.4, -0.2) is 81.8 Å². The van der Waals surface area contributed by atoms with Crippen LogP contribution in [0.25, 0.3) is 10.9 Å². The van der Waals surface area contributed by atoms with E-state index >= 15 is 0 Å². The molecule has 1 saturated heterocycles. The van der Waals surface area contributed by atoms with Crippen molar-refractivity contribution in [2.24, 2.45) is 0 Å². The molecule has 2 heterocycles. The number of halogens is 2. The first kappa shape index (κ1) is 29.1. The van der Waals surface area contributed by atoms with Crippen molar-refractivity contribution in [2.75, 3.05) is 62.5 Å². The highest BCUT2D eigenvalue weighted by molar-refractivity contribution is 7.91. The lowest BCUT2D eigenvalue weighted by molar-refractivity contribution is -0.115. The maximum atomic E-state index is 13.7. The van der Waals surface area contributed by atoms with Gasteiger partial charge in [-0.2, -0.15) is 9.89 Å². The summed E-state index contributed by atoms with van der Waals surface area (Å²) in [6.45, 7) is 3.43. The number of likely N-dealkylation sites (N-methyl/N-ethyl adjacent to an activating group) is 2. The second-order valence-electron chi connectivity index (χ2n) is 9.93. The van der Waals surface area contributed by atoms with Crippen LogP contribution in [0.3, 0.4) is 0 Å². The normalized spacial score (nSPS) is 14.2. The molecule has 0 atom stereocenters. The number of hydrogen-bond acceptors (Lipinski definition) is 8. The number of anilines is 2. The van der Waals surface area contributed by atoms with E-state index in [1.165, 1.54) is 29.2 Å². The number of sulfone groups is 1. The third kappa shape index (κ3) is 6.10. The summed E-state index contributed by atoms with van der Waals surface area (Å²) in [5.74, 6) is -2.90. The molecular formula is C28H29F2N7O4S. The Labute approximate surface area is 241 Å². The third-order valence-corrected chi connectivity index (χ3v) is 8.66. The van der Waals surface area contributed by atoms with E-state index in [9.17, 15) is 26.8 Å². The lowest BCUT2D eigenvalue weighted by Gasteiger charge is -2.34. The van der Waals surface area contributed by atoms with Crippen LogP contribution >= 0.6 is 0 Å². The molecule has 42 heavy (non-hydrogen) atoms. The highest BCUT2D eigenvalue weighted by Crippen LogP contribution is 2.27. The van der Waals surface area contributed by atoms with Crippen LogP contribution in [0.2, 0.25) is 0 Å². The van der Waals surface area contributed by atoms with Gasteiger partial charge in [0.15, 0.2) is 0 Å². The van der Waals surface area contributed by atoms with Gasteiger partial charge in [0.25, 0.3) is 5.91 Å². The van der Waals surface area contributed by atoms with Gasteiger partial charge in [-0.15, -0.1) is 0 Å². The van der Waals surface area contributed by atoms with Crippen molar-refractivity contribution in [1.82, 2.24) is 20.1 Å². The fraction of sp³-hybridized carbons (Fsp3) is 0.250. The number of carbonyl (C=O) groups is 2. The van der Waals surface area contributed by atoms with Crippen LogP contribution in [0, 0.1) is 11.6 Å². The van der Waals surface area contributed by atoms with E-state index in [4.69, 9.17) is 0 Å². The van der Waals surface area contributed by atoms with Crippen LogP contribution in [0.5, 0.6) is 0 Å². The van der Waals surface area contributed by atoms with Gasteiger partial charge in [-0.05, 0) is 62.6 Å². The van der Waals surface area contributed by atoms with Crippen molar-refractivity contribution in [2.45, 2.75) is 9.79 Å². The molecule has 5 rings (SSSR count). The van der Waals surface area contributed by atoms with Crippen molar-refractivity contribution in [3.8, 4) is 0 Å². The summed E-state index contributed by atoms with van der Waals surface area (Å²) in [7, 11) is -0.531. The molecular weight excluding hydrogens is 568 g/mol. The van der Waals surface area contributed by atoms with Gasteiger partial charge in [-0.25, -0.2) is 22.6 Å². The lowest BCUT2D eigenvalue weighted by atomic mass is 10.1. The molecule has 0 unspecified atom stereocenters. The number of aromatic nitrogens is 2. The van der Waals surface area contributed by atoms with Crippen molar-refractivity contribution < 1.29 is 26.8 Å². The van der Waals surface area contributed by atoms with Crippen molar-refractivity contribution in [3.05, 3.63) is 78.0 Å². The molecule has 11 nitrogen and oxygen atoms in total. The number of nitrogens with one attached hydrogen (secondary N) is 3. The first-order chi connectivity index (χ1) is 20.0. The zero-order chi connectivity index (χ0) is 30.0. The average molecular weight is 598 g/mol. The summed E-state index contributed by atoms with van der Waals surface area (Å²) in [5.41, 5.74) is 4.45. The zero-order valence-electron chi connectivity index (χ0n) is 22.9. The molecule has 1 aliphatic rings. The van der Waals surface area contributed by atoms with Gasteiger partial charge in [0.05, 0.1) is 39.3 Å². The number of piperazine rings is 1. The zero-order valence-corrected chi connectivity index (χ0v) is 23.7. The Kier molecular flexibility index (Phi) is 8.20. The SMILES string of the molecule is CNCC(=O)Nc1cc(N2CCN(C)CC2)ccc1C(=O)Nn1ncc2cc(S(=O)(=O)c3cc(F)cc(F)c3)ccc21. The van der Waals surface area contributed by atoms with Crippen LogP contribution in [0.15, 0.2) is 70.6 Å². The monoisotopic (exact) mass is 597 g/mol. The van der Waals surface area contributed by atoms with E-state index in [1.54, 1.807) is 19.2 Å². The van der Waals surface area contributed by atoms with E-state index in [0.717, 1.165) is 44.0 Å². The van der Waals surface area contributed by atoms with Crippen LogP contribution in [0.1, 0.15) is 10.4 Å². The minimum atomic E-state index is -4.23. The molecule has 3 aromatic carbocycles. The van der Waals surface area contributed by atoms with Crippen molar-refractivity contribution in [1.29, 1.82) is 0 Å². The quantitative estimate of drug-likeness (QED) is 0.283. The number of nitrogens with zero attached hydrogens (tertiary/aromatic N) is 4. The van der Waals surface area contributed by atoms with E-state index in [-0.39, 0.29) is 22.9 Å². The summed E-state index contributed by atoms with van der Waals surface area (Å²) in [4.78, 5) is 30.7. The molecule has 2 amide bonds. The number of hydrogen-bond donors (Lipinski definition) is 3. The summed E-state index contributed by atoms with van der Waals surface area (Å²) in [6.07, 6.45) is 1.35. The largest absolute Gasteiger partial charge is 0.369 e. The summed E-state index contributed by atoms with van der Waals surface area (Å²) in [5, 5.41) is 10.1. The topological polar surface area (TPSA) is 129 Å². The maximum Gasteiger partial charge on any atom is 0.273 e. The first-order valence-electron chi connectivity index (χ1n) is 13.1. The second kappa shape index (κ2) is 11.8. The molecule has 14 heteroatoms. The Bertz CT molecular complexity index is 1750. The Hall–Kier alpha value is -4.40. The van der Waals surface area contributed by atoms with Crippen LogP contribution in [-0.2, 0) is 14.6 Å². The highest BCUT2D eigenvalue weighted by Gasteiger charge is 2.22. The minimum absolute atomic E-state index is 0.0527. The first-order valence-corrected chi connectivity index (χ1v) is 14.6. The minimum Gasteiger partial charge on any atom is -0.369 e. The van der Waals surface area contributed by atoms with Gasteiger partial charge < -0.3 is 20.4 Å². The predicted molar refractivity (Wildman–Crippen MR) is 154 cm³/mol. The summed E-state index contributed by atoms with van der Waals surface area (Å²) >= 11 is 0. The summed E-state index contributed by atoms with van der Waals surface area (Å²) in [6, 6.07) is 11.3. The number of benzene rings is 3. The third-order valence-electron chi connectivity index (χ3n) is 6.93. The number of fused-ring (bicyclic) bond motifs is 1. The van der Waals surface area contributed by atoms with Crippen molar-refractivity contribution in [3.63, 3.8) is 0 Å². The molecule has 0 radical (unpaired) electrons. The van der Waals surface area contributed by atoms with Gasteiger partial charge in [0.2, 0.25) is 15.7 Å². The number of amides is 2. The second-order valence-corrected chi connectivity index (χ2v) is 11.9. The Morgan fingerprint density at radius 2 is 1.64 bits per heavy atom. The molecule has 0 bridgehead atoms. The highest BCUT2D eigenvalue weighted by atomic mass is 32.2. The van der Waals surface area contributed by atoms with Crippen molar-refractivity contribution >= 4 is 43.9 Å². The molecule has 1 aromatic heterocycles. The Morgan fingerprint density at radius 3 is 2.33 bits per heavy atom. The Morgan fingerprint density at radius 1 is 0.929 bits per heavy atom. The average Bonchev–Trinajstić information content (AvgIpc) is 3.35. The van der Waals surface area contributed by atoms with E-state index < -0.39 is 32.3 Å². The van der Waals surface area contributed by atoms with Gasteiger partial charge in [-0.3, -0.25) is 9.59 Å². The van der Waals surface area contributed by atoms with Crippen LogP contribution < -0.4 is 21.0 Å². The molecule has 0 aliphatic carbocycles. The summed E-state index contributed by atoms with van der Waals surface area (Å²) < 4.78 is 53.4. The standard InChI is InChI=1S/C28H29F2N7O4S/c1-31-17-27(38)33-25-15-21(36-9-7-35(2)8-10-36)3-5-24(25)28(39)34-37-26-6-4-22(11-18(26)16-32-37)42(40,41)23-13-19(29)12-20(30)14-23/h3-6,11-16,31H,7-10,17H2,1-2H3,(H,33,38)(H,34,39). The van der Waals surface area contributed by atoms with Gasteiger partial charge in [0.1, 0.15) is 11.6 Å². The molecule has 1 fully saturated rings. The predicted octanol–water partition coefficient (Wildman–Crippen LogP) is 2.44. The molecule has 0 saturated carbocycles. The van der Waals surface area contributed by atoms with Gasteiger partial charge in [0, 0.05) is 43.3 Å². The number of carbonyl (C=O) groups excluding carboxylic acids is 2. The molecule has 1 aliphatic heterocycles. The molecule has 3 N–H and O–H groups in total. The number of rotatable bonds is 8. The maximum absolute atomic E-state index is 13.7. The van der Waals surface area contributed by atoms with E-state index in [0.29, 0.717) is 22.7 Å². The molecule has 4 aromatic rings. The molecule has 220 valence electrons. The molecule has 0 spiro atoms. The van der Waals surface area contributed by atoms with E-state index in [1.807, 2.05) is 6.07 Å². The fourth-order valence-electron chi connectivity index (χ4n) is 4.69. The Balaban J connectivity index is 1.42. The smallest absolute Gasteiger partial charge is 0.273 e. The van der Waals surface area contributed by atoms with Gasteiger partial charge in [-0.1, -0.05) is 0 Å². The fourth-order valence-corrected chi connectivity index (χ4v) is 6.03. The van der Waals surface area contributed by atoms with Gasteiger partial charge >= 0.3 is 0 Å². The lowest BCUT2D eigenvalue weighted by Crippen LogP contribution is -2.44. The van der Waals surface area contributed by atoms with E-state index in [2.05, 4.69) is 38.0 Å².